The summed E-state index contributed by atoms with van der Waals surface area (Å²) in [5, 5.41) is 2.67. The Hall–Kier alpha value is -1.92. The largest absolute Gasteiger partial charge is 0.347 e. The molecule has 0 bridgehead atoms. The van der Waals surface area contributed by atoms with Crippen LogP contribution < -0.4 is 5.32 Å². The van der Waals surface area contributed by atoms with Crippen LogP contribution in [-0.4, -0.2) is 85.9 Å². The van der Waals surface area contributed by atoms with Crippen LogP contribution in [0.3, 0.4) is 0 Å². The molecule has 166 valence electrons. The van der Waals surface area contributed by atoms with Crippen LogP contribution in [0.4, 0.5) is 0 Å². The number of nitrogens with one attached hydrogen (secondary N) is 1. The molecular weight excluding hydrogens is 376 g/mol. The Kier molecular flexibility index (Phi) is 8.28. The van der Waals surface area contributed by atoms with E-state index in [9.17, 15) is 9.59 Å². The van der Waals surface area contributed by atoms with E-state index in [4.69, 9.17) is 0 Å². The molecule has 3 rings (SSSR count). The van der Waals surface area contributed by atoms with Crippen molar-refractivity contribution in [3.63, 3.8) is 0 Å². The van der Waals surface area contributed by atoms with Gasteiger partial charge in [0.05, 0.1) is 6.54 Å². The molecule has 1 saturated heterocycles. The fraction of sp³-hybridized carbons (Fsp3) is 0.667. The molecule has 30 heavy (non-hydrogen) atoms. The molecule has 0 aromatic heterocycles. The summed E-state index contributed by atoms with van der Waals surface area (Å²) in [6, 6.07) is 9.48. The SMILES string of the molecule is CC(=O)NCC(=O)N(CCCN(C)C)CC1CCN(C2Cc3ccccc3C2)CC1. The number of likely N-dealkylation sites (tertiary alicyclic amines) is 1. The summed E-state index contributed by atoms with van der Waals surface area (Å²) in [7, 11) is 4.11. The third kappa shape index (κ3) is 6.54. The summed E-state index contributed by atoms with van der Waals surface area (Å²) < 4.78 is 0. The predicted molar refractivity (Wildman–Crippen MR) is 120 cm³/mol. The number of fused-ring (bicyclic) bond motifs is 1. The van der Waals surface area contributed by atoms with Crippen LogP contribution in [0.25, 0.3) is 0 Å². The highest BCUT2D eigenvalue weighted by Crippen LogP contribution is 2.29. The van der Waals surface area contributed by atoms with Gasteiger partial charge in [-0.25, -0.2) is 0 Å². The molecule has 1 aromatic rings. The molecule has 6 nitrogen and oxygen atoms in total. The van der Waals surface area contributed by atoms with Crippen LogP contribution in [0.1, 0.15) is 37.3 Å². The maximum Gasteiger partial charge on any atom is 0.241 e. The number of hydrogen-bond acceptors (Lipinski definition) is 4. The van der Waals surface area contributed by atoms with Crippen molar-refractivity contribution in [2.75, 3.05) is 53.4 Å². The number of hydrogen-bond donors (Lipinski definition) is 1. The molecule has 0 unspecified atom stereocenters. The van der Waals surface area contributed by atoms with E-state index >= 15 is 0 Å². The van der Waals surface area contributed by atoms with Crippen LogP contribution >= 0.6 is 0 Å². The van der Waals surface area contributed by atoms with Crippen molar-refractivity contribution in [3.05, 3.63) is 35.4 Å². The first-order valence-corrected chi connectivity index (χ1v) is 11.4. The number of rotatable bonds is 9. The van der Waals surface area contributed by atoms with Crippen molar-refractivity contribution < 1.29 is 9.59 Å². The second-order valence-corrected chi connectivity index (χ2v) is 9.22. The summed E-state index contributed by atoms with van der Waals surface area (Å²) in [5.74, 6) is 0.436. The highest BCUT2D eigenvalue weighted by atomic mass is 16.2. The van der Waals surface area contributed by atoms with Gasteiger partial charge in [0.15, 0.2) is 0 Å². The Morgan fingerprint density at radius 2 is 1.70 bits per heavy atom. The zero-order valence-corrected chi connectivity index (χ0v) is 18.9. The van der Waals surface area contributed by atoms with Crippen molar-refractivity contribution in [2.45, 2.75) is 45.1 Å². The van der Waals surface area contributed by atoms with Gasteiger partial charge >= 0.3 is 0 Å². The minimum atomic E-state index is -0.151. The third-order valence-electron chi connectivity index (χ3n) is 6.55. The van der Waals surface area contributed by atoms with Crippen molar-refractivity contribution in [1.29, 1.82) is 0 Å². The number of amides is 2. The number of carbonyl (C=O) groups is 2. The molecule has 0 radical (unpaired) electrons. The topological polar surface area (TPSA) is 55.9 Å². The normalized spacial score (nSPS) is 17.9. The average Bonchev–Trinajstić information content (AvgIpc) is 3.15. The second-order valence-electron chi connectivity index (χ2n) is 9.22. The number of carbonyl (C=O) groups excluding carboxylic acids is 2. The third-order valence-corrected chi connectivity index (χ3v) is 6.55. The van der Waals surface area contributed by atoms with E-state index in [0.717, 1.165) is 52.0 Å². The molecule has 2 aliphatic rings. The number of piperidine rings is 1. The van der Waals surface area contributed by atoms with Gasteiger partial charge in [0.25, 0.3) is 0 Å². The maximum atomic E-state index is 12.7. The first-order valence-electron chi connectivity index (χ1n) is 11.4. The molecule has 1 aliphatic carbocycles. The molecular formula is C24H38N4O2. The van der Waals surface area contributed by atoms with E-state index in [1.54, 1.807) is 0 Å². The van der Waals surface area contributed by atoms with Gasteiger partial charge in [0.1, 0.15) is 0 Å². The first kappa shape index (κ1) is 22.8. The van der Waals surface area contributed by atoms with Crippen molar-refractivity contribution in [3.8, 4) is 0 Å². The van der Waals surface area contributed by atoms with Gasteiger partial charge < -0.3 is 15.1 Å². The van der Waals surface area contributed by atoms with Crippen LogP contribution in [0.2, 0.25) is 0 Å². The van der Waals surface area contributed by atoms with Crippen LogP contribution in [0.15, 0.2) is 24.3 Å². The Labute approximate surface area is 181 Å². The molecule has 2 amide bonds. The molecule has 0 atom stereocenters. The highest BCUT2D eigenvalue weighted by molar-refractivity contribution is 5.83. The first-order chi connectivity index (χ1) is 14.4. The molecule has 6 heteroatoms. The Balaban J connectivity index is 1.48. The van der Waals surface area contributed by atoms with Gasteiger partial charge in [-0.2, -0.15) is 0 Å². The smallest absolute Gasteiger partial charge is 0.241 e. The molecule has 1 heterocycles. The van der Waals surface area contributed by atoms with E-state index in [0.29, 0.717) is 12.0 Å². The van der Waals surface area contributed by atoms with Gasteiger partial charge in [-0.3, -0.25) is 14.5 Å². The van der Waals surface area contributed by atoms with Gasteiger partial charge in [-0.15, -0.1) is 0 Å². The summed E-state index contributed by atoms with van der Waals surface area (Å²) in [4.78, 5) is 30.7. The lowest BCUT2D eigenvalue weighted by molar-refractivity contribution is -0.133. The zero-order chi connectivity index (χ0) is 21.5. The summed E-state index contributed by atoms with van der Waals surface area (Å²) in [6.45, 7) is 6.34. The minimum Gasteiger partial charge on any atom is -0.347 e. The molecule has 0 saturated carbocycles. The van der Waals surface area contributed by atoms with Crippen molar-refractivity contribution >= 4 is 11.8 Å². The standard InChI is InChI=1S/C24H38N4O2/c1-19(29)25-17-24(30)28(12-6-11-26(2)3)18-20-9-13-27(14-10-20)23-15-21-7-4-5-8-22(21)16-23/h4-5,7-8,20,23H,6,9-18H2,1-3H3,(H,25,29). The van der Waals surface area contributed by atoms with Crippen LogP contribution in [0, 0.1) is 5.92 Å². The van der Waals surface area contributed by atoms with Crippen molar-refractivity contribution in [1.82, 2.24) is 20.0 Å². The predicted octanol–water partition coefficient (Wildman–Crippen LogP) is 1.78. The lowest BCUT2D eigenvalue weighted by atomic mass is 9.94. The zero-order valence-electron chi connectivity index (χ0n) is 18.9. The fourth-order valence-electron chi connectivity index (χ4n) is 4.81. The van der Waals surface area contributed by atoms with E-state index < -0.39 is 0 Å². The molecule has 1 N–H and O–H groups in total. The van der Waals surface area contributed by atoms with Crippen molar-refractivity contribution in [2.24, 2.45) is 5.92 Å². The van der Waals surface area contributed by atoms with Crippen LogP contribution in [-0.2, 0) is 22.4 Å². The molecule has 1 aliphatic heterocycles. The molecule has 0 spiro atoms. The number of benzene rings is 1. The molecule has 1 fully saturated rings. The van der Waals surface area contributed by atoms with E-state index in [-0.39, 0.29) is 18.4 Å². The Morgan fingerprint density at radius 3 is 2.27 bits per heavy atom. The van der Waals surface area contributed by atoms with Gasteiger partial charge in [0, 0.05) is 26.1 Å². The minimum absolute atomic E-state index is 0.0395. The Bertz CT molecular complexity index is 688. The summed E-state index contributed by atoms with van der Waals surface area (Å²) >= 11 is 0. The quantitative estimate of drug-likeness (QED) is 0.669. The monoisotopic (exact) mass is 414 g/mol. The van der Waals surface area contributed by atoms with Crippen LogP contribution in [0.5, 0.6) is 0 Å². The second kappa shape index (κ2) is 10.9. The lowest BCUT2D eigenvalue weighted by Gasteiger charge is -2.38. The summed E-state index contributed by atoms with van der Waals surface area (Å²) in [5.41, 5.74) is 3.03. The van der Waals surface area contributed by atoms with E-state index in [1.165, 1.54) is 30.9 Å². The van der Waals surface area contributed by atoms with Gasteiger partial charge in [-0.05, 0) is 82.9 Å². The summed E-state index contributed by atoms with van der Waals surface area (Å²) in [6.07, 6.45) is 5.59. The van der Waals surface area contributed by atoms with Gasteiger partial charge in [0.2, 0.25) is 11.8 Å². The fourth-order valence-corrected chi connectivity index (χ4v) is 4.81. The van der Waals surface area contributed by atoms with E-state index in [1.807, 2.05) is 4.90 Å². The maximum absolute atomic E-state index is 12.7. The van der Waals surface area contributed by atoms with E-state index in [2.05, 4.69) is 53.5 Å². The van der Waals surface area contributed by atoms with Gasteiger partial charge in [-0.1, -0.05) is 24.3 Å². The highest BCUT2D eigenvalue weighted by Gasteiger charge is 2.30. The lowest BCUT2D eigenvalue weighted by Crippen LogP contribution is -2.47. The molecule has 1 aromatic carbocycles. The Morgan fingerprint density at radius 1 is 1.07 bits per heavy atom. The average molecular weight is 415 g/mol. The number of nitrogens with zero attached hydrogens (tertiary/aromatic N) is 3.